The van der Waals surface area contributed by atoms with Gasteiger partial charge in [0.05, 0.1) is 6.21 Å². The molecule has 0 saturated carbocycles. The van der Waals surface area contributed by atoms with Gasteiger partial charge in [0.15, 0.2) is 5.78 Å². The molecule has 8 heteroatoms. The molecule has 0 radical (unpaired) electrons. The number of nitrogens with one attached hydrogen (secondary N) is 3. The number of amides is 1. The summed E-state index contributed by atoms with van der Waals surface area (Å²) in [5.74, 6) is -1.49. The van der Waals surface area contributed by atoms with Gasteiger partial charge in [-0.05, 0) is 20.4 Å². The van der Waals surface area contributed by atoms with Gasteiger partial charge in [0, 0.05) is 20.1 Å². The Hall–Kier alpha value is -1.80. The molecule has 0 saturated heterocycles. The average molecular weight is 301 g/mol. The third kappa shape index (κ3) is 8.16. The van der Waals surface area contributed by atoms with Crippen molar-refractivity contribution in [2.45, 2.75) is 31.9 Å². The number of carbonyl (C=O) groups excluding carboxylic acids is 3. The normalized spacial score (nSPS) is 13.1. The molecule has 0 aliphatic rings. The Balaban J connectivity index is 4.59. The molecule has 2 atom stereocenters. The topological polar surface area (TPSA) is 118 Å². The zero-order chi connectivity index (χ0) is 16.3. The maximum Gasteiger partial charge on any atom is 0.328 e. The van der Waals surface area contributed by atoms with Crippen molar-refractivity contribution in [3.8, 4) is 0 Å². The summed E-state index contributed by atoms with van der Waals surface area (Å²) in [5.41, 5.74) is 0. The van der Waals surface area contributed by atoms with Crippen LogP contribution in [0, 0.1) is 5.41 Å². The van der Waals surface area contributed by atoms with Crippen molar-refractivity contribution in [1.82, 2.24) is 10.6 Å². The van der Waals surface area contributed by atoms with Crippen molar-refractivity contribution in [2.24, 2.45) is 0 Å². The van der Waals surface area contributed by atoms with Gasteiger partial charge in [-0.15, -0.1) is 0 Å². The van der Waals surface area contributed by atoms with Crippen LogP contribution in [0.4, 0.5) is 0 Å². The number of methoxy groups -OCH3 is 1. The predicted octanol–water partition coefficient (Wildman–Crippen LogP) is -0.732. The van der Waals surface area contributed by atoms with E-state index in [0.29, 0.717) is 12.8 Å². The Morgan fingerprint density at radius 1 is 1.33 bits per heavy atom. The maximum absolute atomic E-state index is 11.9. The van der Waals surface area contributed by atoms with Crippen LogP contribution >= 0.6 is 0 Å². The molecule has 0 aromatic heterocycles. The lowest BCUT2D eigenvalue weighted by atomic mass is 10.1. The van der Waals surface area contributed by atoms with Crippen LogP contribution in [0.2, 0.25) is 0 Å². The van der Waals surface area contributed by atoms with Gasteiger partial charge >= 0.3 is 5.97 Å². The fraction of sp³-hybridized carbons (Fsp3) is 0.692. The van der Waals surface area contributed by atoms with E-state index in [2.05, 4.69) is 10.6 Å². The van der Waals surface area contributed by atoms with Crippen LogP contribution in [0.15, 0.2) is 0 Å². The molecule has 120 valence electrons. The van der Waals surface area contributed by atoms with E-state index in [-0.39, 0.29) is 19.4 Å². The van der Waals surface area contributed by atoms with Gasteiger partial charge in [-0.25, -0.2) is 4.79 Å². The smallest absolute Gasteiger partial charge is 0.328 e. The fourth-order valence-corrected chi connectivity index (χ4v) is 1.36. The Labute approximate surface area is 124 Å². The summed E-state index contributed by atoms with van der Waals surface area (Å²) in [6.07, 6.45) is 0.0328. The number of rotatable bonds is 11. The molecular weight excluding hydrogens is 278 g/mol. The molecule has 0 aromatic carbocycles. The molecule has 0 rings (SSSR count). The van der Waals surface area contributed by atoms with E-state index >= 15 is 0 Å². The minimum atomic E-state index is -0.934. The van der Waals surface area contributed by atoms with Crippen molar-refractivity contribution >= 4 is 23.9 Å². The molecule has 0 bridgehead atoms. The highest BCUT2D eigenvalue weighted by molar-refractivity contribution is 6.26. The summed E-state index contributed by atoms with van der Waals surface area (Å²) >= 11 is 0. The molecule has 0 aliphatic heterocycles. The lowest BCUT2D eigenvalue weighted by Crippen LogP contribution is -2.46. The van der Waals surface area contributed by atoms with Crippen molar-refractivity contribution in [3.05, 3.63) is 0 Å². The van der Waals surface area contributed by atoms with E-state index in [1.165, 1.54) is 7.11 Å². The number of hydrogen-bond acceptors (Lipinski definition) is 7. The Kier molecular flexibility index (Phi) is 9.99. The van der Waals surface area contributed by atoms with Crippen LogP contribution in [0.3, 0.4) is 0 Å². The molecule has 21 heavy (non-hydrogen) atoms. The summed E-state index contributed by atoms with van der Waals surface area (Å²) in [4.78, 5) is 34.8. The molecule has 8 nitrogen and oxygen atoms in total. The first-order valence-corrected chi connectivity index (χ1v) is 6.64. The molecule has 0 aliphatic carbocycles. The first-order chi connectivity index (χ1) is 9.96. The van der Waals surface area contributed by atoms with E-state index in [1.54, 1.807) is 14.0 Å². The fourth-order valence-electron chi connectivity index (χ4n) is 1.36. The van der Waals surface area contributed by atoms with E-state index < -0.39 is 29.8 Å². The number of carbonyl (C=O) groups is 3. The highest BCUT2D eigenvalue weighted by Crippen LogP contribution is 2.02. The Morgan fingerprint density at radius 3 is 2.52 bits per heavy atom. The highest BCUT2D eigenvalue weighted by Gasteiger charge is 2.25. The number of Topliss-reactive ketones (excluding diaryl/α,β-unsaturated/α-hetero) is 1. The van der Waals surface area contributed by atoms with Gasteiger partial charge in [0.25, 0.3) is 0 Å². The van der Waals surface area contributed by atoms with Crippen LogP contribution in [0.1, 0.15) is 19.8 Å². The molecule has 1 amide bonds. The number of ketones is 1. The summed E-state index contributed by atoms with van der Waals surface area (Å²) < 4.78 is 9.86. The minimum absolute atomic E-state index is 0.0169. The van der Waals surface area contributed by atoms with Crippen molar-refractivity contribution < 1.29 is 23.9 Å². The Bertz CT molecular complexity index is 373. The van der Waals surface area contributed by atoms with Gasteiger partial charge in [-0.1, -0.05) is 0 Å². The molecule has 3 N–H and O–H groups in total. The van der Waals surface area contributed by atoms with Crippen LogP contribution in [0.25, 0.3) is 0 Å². The monoisotopic (exact) mass is 301 g/mol. The summed E-state index contributed by atoms with van der Waals surface area (Å²) in [7, 11) is 3.10. The number of esters is 1. The van der Waals surface area contributed by atoms with Crippen LogP contribution in [-0.4, -0.2) is 63.3 Å². The maximum atomic E-state index is 11.9. The average Bonchev–Trinajstić information content (AvgIpc) is 2.49. The number of ether oxygens (including phenoxy) is 2. The number of likely N-dealkylation sites (N-methyl/N-ethyl adjacent to an activating group) is 1. The largest absolute Gasteiger partial charge is 0.463 e. The minimum Gasteiger partial charge on any atom is -0.463 e. The molecule has 0 fully saturated rings. The second-order valence-corrected chi connectivity index (χ2v) is 4.36. The van der Waals surface area contributed by atoms with Gasteiger partial charge in [-0.2, -0.15) is 0 Å². The lowest BCUT2D eigenvalue weighted by Gasteiger charge is -2.19. The summed E-state index contributed by atoms with van der Waals surface area (Å²) in [6.45, 7) is 2.20. The molecular formula is C13H23N3O5. The third-order valence-corrected chi connectivity index (χ3v) is 2.76. The lowest BCUT2D eigenvalue weighted by molar-refractivity contribution is -0.149. The van der Waals surface area contributed by atoms with Crippen molar-refractivity contribution in [2.75, 3.05) is 27.3 Å². The van der Waals surface area contributed by atoms with Crippen LogP contribution in [0.5, 0.6) is 0 Å². The standard InChI is InChI=1S/C13H23N3O5/c1-9(20-3)12(18)16-11(5-4-10(17)8-14)13(19)21-7-6-15-2/h8-9,11,14-15H,4-7H2,1-3H3,(H,16,18)/t9-,11-/m0/s1. The SMILES string of the molecule is CNCCOC(=O)[C@H](CCC(=O)C=N)NC(=O)[C@H](C)OC. The van der Waals surface area contributed by atoms with Crippen LogP contribution < -0.4 is 10.6 Å². The quantitative estimate of drug-likeness (QED) is 0.263. The van der Waals surface area contributed by atoms with Gasteiger partial charge < -0.3 is 25.5 Å². The van der Waals surface area contributed by atoms with E-state index in [1.807, 2.05) is 0 Å². The zero-order valence-corrected chi connectivity index (χ0v) is 12.6. The van der Waals surface area contributed by atoms with Crippen molar-refractivity contribution in [1.29, 1.82) is 5.41 Å². The van der Waals surface area contributed by atoms with Gasteiger partial charge in [-0.3, -0.25) is 9.59 Å². The molecule has 0 spiro atoms. The molecule has 0 aromatic rings. The van der Waals surface area contributed by atoms with E-state index in [9.17, 15) is 14.4 Å². The molecule has 0 heterocycles. The highest BCUT2D eigenvalue weighted by atomic mass is 16.5. The van der Waals surface area contributed by atoms with Crippen LogP contribution in [-0.2, 0) is 23.9 Å². The first-order valence-electron chi connectivity index (χ1n) is 6.64. The van der Waals surface area contributed by atoms with Crippen molar-refractivity contribution in [3.63, 3.8) is 0 Å². The number of hydrogen-bond donors (Lipinski definition) is 3. The first kappa shape index (κ1) is 19.2. The van der Waals surface area contributed by atoms with E-state index in [0.717, 1.165) is 0 Å². The summed E-state index contributed by atoms with van der Waals surface area (Å²) in [6, 6.07) is -0.934. The second kappa shape index (κ2) is 10.9. The third-order valence-electron chi connectivity index (χ3n) is 2.76. The predicted molar refractivity (Wildman–Crippen MR) is 76.3 cm³/mol. The van der Waals surface area contributed by atoms with Gasteiger partial charge in [0.2, 0.25) is 5.91 Å². The second-order valence-electron chi connectivity index (χ2n) is 4.36. The Morgan fingerprint density at radius 2 is 2.00 bits per heavy atom. The van der Waals surface area contributed by atoms with Gasteiger partial charge in [0.1, 0.15) is 18.8 Å². The zero-order valence-electron chi connectivity index (χ0n) is 12.6. The summed E-state index contributed by atoms with van der Waals surface area (Å²) in [5, 5.41) is 12.1. The van der Waals surface area contributed by atoms with E-state index in [4.69, 9.17) is 14.9 Å². The molecule has 0 unspecified atom stereocenters.